The second kappa shape index (κ2) is 2.97. The van der Waals surface area contributed by atoms with Crippen molar-refractivity contribution in [3.8, 4) is 0 Å². The highest BCUT2D eigenvalue weighted by Crippen LogP contribution is 2.27. The lowest BCUT2D eigenvalue weighted by Crippen LogP contribution is -2.47. The quantitative estimate of drug-likeness (QED) is 0.249. The summed E-state index contributed by atoms with van der Waals surface area (Å²) in [6, 6.07) is 0. The van der Waals surface area contributed by atoms with Crippen molar-refractivity contribution in [3.63, 3.8) is 0 Å². The summed E-state index contributed by atoms with van der Waals surface area (Å²) in [4.78, 5) is 24.2. The van der Waals surface area contributed by atoms with Crippen molar-refractivity contribution in [1.29, 1.82) is 5.41 Å². The summed E-state index contributed by atoms with van der Waals surface area (Å²) < 4.78 is 0. The first-order chi connectivity index (χ1) is 6.59. The minimum atomic E-state index is -0.319. The Morgan fingerprint density at radius 1 is 1.43 bits per heavy atom. The zero-order chi connectivity index (χ0) is 10.3. The molecule has 0 unspecified atom stereocenters. The Hall–Kier alpha value is -1.59. The van der Waals surface area contributed by atoms with Crippen LogP contribution in [0.15, 0.2) is 0 Å². The predicted molar refractivity (Wildman–Crippen MR) is 48.2 cm³/mol. The summed E-state index contributed by atoms with van der Waals surface area (Å²) in [5, 5.41) is 9.55. The fraction of sp³-hybridized carbons (Fsp3) is 0.625. The number of piperidine rings is 1. The number of fused-ring (bicyclic) bond motifs is 1. The molecule has 0 saturated carbocycles. The summed E-state index contributed by atoms with van der Waals surface area (Å²) in [7, 11) is 0. The van der Waals surface area contributed by atoms with E-state index in [1.54, 1.807) is 4.90 Å². The van der Waals surface area contributed by atoms with Gasteiger partial charge in [0, 0.05) is 13.1 Å². The van der Waals surface area contributed by atoms with Gasteiger partial charge in [0.1, 0.15) is 0 Å². The van der Waals surface area contributed by atoms with Crippen molar-refractivity contribution in [1.82, 2.24) is 10.2 Å². The standard InChI is InChI=1S/C8H12N4O2/c9-8(10)12-2-1-4-5(3-12)7(14)11-6(4)13/h4-5H,1-3H2,(H3,9,10)(H,11,13,14)/t4-,5+/m1/s1. The van der Waals surface area contributed by atoms with E-state index in [4.69, 9.17) is 11.1 Å². The van der Waals surface area contributed by atoms with Gasteiger partial charge >= 0.3 is 0 Å². The van der Waals surface area contributed by atoms with Gasteiger partial charge in [-0.05, 0) is 6.42 Å². The van der Waals surface area contributed by atoms with Crippen LogP contribution in [0.2, 0.25) is 0 Å². The lowest BCUT2D eigenvalue weighted by Gasteiger charge is -2.32. The molecule has 76 valence electrons. The second-order valence-corrected chi connectivity index (χ2v) is 3.69. The molecule has 0 aromatic heterocycles. The van der Waals surface area contributed by atoms with Crippen molar-refractivity contribution < 1.29 is 9.59 Å². The molecule has 0 aliphatic carbocycles. The van der Waals surface area contributed by atoms with E-state index >= 15 is 0 Å². The summed E-state index contributed by atoms with van der Waals surface area (Å²) in [6.07, 6.45) is 0.599. The molecule has 6 heteroatoms. The maximum atomic E-state index is 11.3. The maximum Gasteiger partial charge on any atom is 0.232 e. The van der Waals surface area contributed by atoms with Crippen LogP contribution in [0, 0.1) is 17.2 Å². The number of rotatable bonds is 0. The topological polar surface area (TPSA) is 99.3 Å². The number of nitrogens with zero attached hydrogens (tertiary/aromatic N) is 1. The lowest BCUT2D eigenvalue weighted by atomic mass is 9.88. The molecule has 2 rings (SSSR count). The van der Waals surface area contributed by atoms with Crippen molar-refractivity contribution in [2.45, 2.75) is 6.42 Å². The molecule has 2 atom stereocenters. The van der Waals surface area contributed by atoms with Crippen LogP contribution in [0.5, 0.6) is 0 Å². The Bertz CT molecular complexity index is 314. The maximum absolute atomic E-state index is 11.3. The molecule has 2 saturated heterocycles. The lowest BCUT2D eigenvalue weighted by molar-refractivity contribution is -0.126. The highest BCUT2D eigenvalue weighted by molar-refractivity contribution is 6.05. The molecule has 0 spiro atoms. The molecule has 0 aromatic rings. The minimum absolute atomic E-state index is 0.0319. The highest BCUT2D eigenvalue weighted by Gasteiger charge is 2.44. The number of carbonyl (C=O) groups is 2. The second-order valence-electron chi connectivity index (χ2n) is 3.69. The smallest absolute Gasteiger partial charge is 0.232 e. The monoisotopic (exact) mass is 196 g/mol. The van der Waals surface area contributed by atoms with Crippen LogP contribution in [0.4, 0.5) is 0 Å². The van der Waals surface area contributed by atoms with Gasteiger partial charge < -0.3 is 10.6 Å². The zero-order valence-corrected chi connectivity index (χ0v) is 7.62. The number of likely N-dealkylation sites (tertiary alicyclic amines) is 1. The van der Waals surface area contributed by atoms with Crippen LogP contribution >= 0.6 is 0 Å². The molecule has 0 radical (unpaired) electrons. The van der Waals surface area contributed by atoms with Crippen molar-refractivity contribution in [2.24, 2.45) is 17.6 Å². The van der Waals surface area contributed by atoms with Gasteiger partial charge in [0.15, 0.2) is 5.96 Å². The number of hydrogen-bond acceptors (Lipinski definition) is 3. The molecule has 4 N–H and O–H groups in total. The van der Waals surface area contributed by atoms with Gasteiger partial charge in [-0.15, -0.1) is 0 Å². The van der Waals surface area contributed by atoms with Crippen LogP contribution in [0.25, 0.3) is 0 Å². The van der Waals surface area contributed by atoms with Crippen LogP contribution in [0.1, 0.15) is 6.42 Å². The Balaban J connectivity index is 2.13. The molecule has 2 aliphatic rings. The van der Waals surface area contributed by atoms with Gasteiger partial charge in [0.2, 0.25) is 11.8 Å². The zero-order valence-electron chi connectivity index (χ0n) is 7.62. The number of imide groups is 1. The molecule has 14 heavy (non-hydrogen) atoms. The van der Waals surface area contributed by atoms with Crippen LogP contribution < -0.4 is 11.1 Å². The van der Waals surface area contributed by atoms with Gasteiger partial charge in [0.05, 0.1) is 11.8 Å². The number of guanidine groups is 1. The van der Waals surface area contributed by atoms with E-state index < -0.39 is 0 Å². The number of carbonyl (C=O) groups excluding carboxylic acids is 2. The summed E-state index contributed by atoms with van der Waals surface area (Å²) in [6.45, 7) is 0.967. The third-order valence-corrected chi connectivity index (χ3v) is 2.87. The summed E-state index contributed by atoms with van der Waals surface area (Å²) >= 11 is 0. The molecule has 6 nitrogen and oxygen atoms in total. The first kappa shape index (κ1) is 8.98. The van der Waals surface area contributed by atoms with E-state index in [2.05, 4.69) is 5.32 Å². The summed E-state index contributed by atoms with van der Waals surface area (Å²) in [5.41, 5.74) is 5.32. The van der Waals surface area contributed by atoms with Crippen LogP contribution in [-0.4, -0.2) is 35.8 Å². The van der Waals surface area contributed by atoms with Crippen molar-refractivity contribution >= 4 is 17.8 Å². The molecule has 2 heterocycles. The molecular formula is C8H12N4O2. The Morgan fingerprint density at radius 3 is 2.71 bits per heavy atom. The third-order valence-electron chi connectivity index (χ3n) is 2.87. The average molecular weight is 196 g/mol. The third kappa shape index (κ3) is 1.23. The van der Waals surface area contributed by atoms with Gasteiger partial charge in [-0.1, -0.05) is 0 Å². The van der Waals surface area contributed by atoms with E-state index in [1.165, 1.54) is 0 Å². The first-order valence-corrected chi connectivity index (χ1v) is 4.53. The molecular weight excluding hydrogens is 184 g/mol. The number of hydrogen-bond donors (Lipinski definition) is 3. The highest BCUT2D eigenvalue weighted by atomic mass is 16.2. The molecule has 2 amide bonds. The van der Waals surface area contributed by atoms with Crippen LogP contribution in [0.3, 0.4) is 0 Å². The van der Waals surface area contributed by atoms with E-state index in [0.717, 1.165) is 0 Å². The van der Waals surface area contributed by atoms with Gasteiger partial charge in [0.25, 0.3) is 0 Å². The minimum Gasteiger partial charge on any atom is -0.370 e. The largest absolute Gasteiger partial charge is 0.370 e. The Morgan fingerprint density at radius 2 is 2.07 bits per heavy atom. The van der Waals surface area contributed by atoms with Crippen molar-refractivity contribution in [2.75, 3.05) is 13.1 Å². The van der Waals surface area contributed by atoms with E-state index in [-0.39, 0.29) is 29.6 Å². The molecule has 2 aliphatic heterocycles. The van der Waals surface area contributed by atoms with E-state index in [1.807, 2.05) is 0 Å². The molecule has 0 aromatic carbocycles. The SMILES string of the molecule is N=C(N)N1CC[C@H]2C(=O)NC(=O)[C@H]2C1. The van der Waals surface area contributed by atoms with Gasteiger partial charge in [-0.2, -0.15) is 0 Å². The number of nitrogens with two attached hydrogens (primary N) is 1. The first-order valence-electron chi connectivity index (χ1n) is 4.53. The van der Waals surface area contributed by atoms with E-state index in [9.17, 15) is 9.59 Å². The van der Waals surface area contributed by atoms with Gasteiger partial charge in [-0.3, -0.25) is 20.3 Å². The fourth-order valence-corrected chi connectivity index (χ4v) is 2.06. The summed E-state index contributed by atoms with van der Waals surface area (Å²) in [5.74, 6) is -0.969. The fourth-order valence-electron chi connectivity index (χ4n) is 2.06. The van der Waals surface area contributed by atoms with Crippen molar-refractivity contribution in [3.05, 3.63) is 0 Å². The predicted octanol–water partition coefficient (Wildman–Crippen LogP) is -1.53. The van der Waals surface area contributed by atoms with Crippen LogP contribution in [-0.2, 0) is 9.59 Å². The van der Waals surface area contributed by atoms with E-state index in [0.29, 0.717) is 19.5 Å². The Kier molecular flexibility index (Phi) is 1.90. The number of amides is 2. The normalized spacial score (nSPS) is 31.3. The molecule has 2 fully saturated rings. The molecule has 0 bridgehead atoms. The Labute approximate surface area is 80.9 Å². The number of nitrogens with one attached hydrogen (secondary N) is 2. The average Bonchev–Trinajstić information content (AvgIpc) is 2.42. The van der Waals surface area contributed by atoms with Gasteiger partial charge in [-0.25, -0.2) is 0 Å².